The SMILES string of the molecule is CCCn1ncnc1CC(CNC)c1ccccc1F. The van der Waals surface area contributed by atoms with Gasteiger partial charge in [0.05, 0.1) is 0 Å². The van der Waals surface area contributed by atoms with E-state index in [4.69, 9.17) is 0 Å². The molecule has 1 atom stereocenters. The Kier molecular flexibility index (Phi) is 5.24. The molecule has 108 valence electrons. The number of rotatable bonds is 7. The average molecular weight is 276 g/mol. The molecule has 4 nitrogen and oxygen atoms in total. The molecule has 0 aliphatic carbocycles. The molecule has 0 amide bonds. The smallest absolute Gasteiger partial charge is 0.138 e. The van der Waals surface area contributed by atoms with Crippen LogP contribution in [-0.2, 0) is 13.0 Å². The fourth-order valence-corrected chi connectivity index (χ4v) is 2.41. The van der Waals surface area contributed by atoms with Gasteiger partial charge in [0, 0.05) is 25.4 Å². The molecule has 0 radical (unpaired) electrons. The summed E-state index contributed by atoms with van der Waals surface area (Å²) in [4.78, 5) is 4.31. The first-order chi connectivity index (χ1) is 9.76. The van der Waals surface area contributed by atoms with Crippen molar-refractivity contribution in [3.8, 4) is 0 Å². The molecule has 5 heteroatoms. The lowest BCUT2D eigenvalue weighted by Gasteiger charge is -2.17. The second-order valence-electron chi connectivity index (χ2n) is 4.88. The Balaban J connectivity index is 2.21. The highest BCUT2D eigenvalue weighted by atomic mass is 19.1. The molecule has 0 aliphatic heterocycles. The summed E-state index contributed by atoms with van der Waals surface area (Å²) in [5, 5.41) is 7.36. The first kappa shape index (κ1) is 14.7. The minimum Gasteiger partial charge on any atom is -0.319 e. The van der Waals surface area contributed by atoms with Crippen molar-refractivity contribution in [2.45, 2.75) is 32.2 Å². The van der Waals surface area contributed by atoms with Gasteiger partial charge in [-0.1, -0.05) is 25.1 Å². The zero-order chi connectivity index (χ0) is 14.4. The lowest BCUT2D eigenvalue weighted by Crippen LogP contribution is -2.22. The summed E-state index contributed by atoms with van der Waals surface area (Å²) in [6.07, 6.45) is 3.26. The molecule has 0 spiro atoms. The molecule has 2 rings (SSSR count). The second kappa shape index (κ2) is 7.14. The van der Waals surface area contributed by atoms with E-state index < -0.39 is 0 Å². The van der Waals surface area contributed by atoms with Crippen LogP contribution in [0, 0.1) is 5.82 Å². The zero-order valence-corrected chi connectivity index (χ0v) is 12.0. The summed E-state index contributed by atoms with van der Waals surface area (Å²) < 4.78 is 15.9. The minimum absolute atomic E-state index is 0.0565. The van der Waals surface area contributed by atoms with Gasteiger partial charge in [0.15, 0.2) is 0 Å². The van der Waals surface area contributed by atoms with Crippen LogP contribution in [0.5, 0.6) is 0 Å². The molecule has 1 aromatic carbocycles. The number of hydrogen-bond acceptors (Lipinski definition) is 3. The molecular formula is C15H21FN4. The lowest BCUT2D eigenvalue weighted by molar-refractivity contribution is 0.515. The van der Waals surface area contributed by atoms with Crippen LogP contribution in [0.2, 0.25) is 0 Å². The molecule has 1 N–H and O–H groups in total. The van der Waals surface area contributed by atoms with E-state index in [0.717, 1.165) is 24.4 Å². The number of aromatic nitrogens is 3. The molecule has 0 bridgehead atoms. The normalized spacial score (nSPS) is 12.6. The van der Waals surface area contributed by atoms with Crippen molar-refractivity contribution in [1.82, 2.24) is 20.1 Å². The van der Waals surface area contributed by atoms with Gasteiger partial charge in [0.25, 0.3) is 0 Å². The Hall–Kier alpha value is -1.75. The average Bonchev–Trinajstić information content (AvgIpc) is 2.87. The summed E-state index contributed by atoms with van der Waals surface area (Å²) in [5.41, 5.74) is 0.730. The van der Waals surface area contributed by atoms with Gasteiger partial charge in [0.1, 0.15) is 18.0 Å². The highest BCUT2D eigenvalue weighted by Crippen LogP contribution is 2.22. The van der Waals surface area contributed by atoms with E-state index in [1.54, 1.807) is 12.4 Å². The summed E-state index contributed by atoms with van der Waals surface area (Å²) in [5.74, 6) is 0.811. The van der Waals surface area contributed by atoms with Crippen LogP contribution in [-0.4, -0.2) is 28.4 Å². The second-order valence-corrected chi connectivity index (χ2v) is 4.88. The standard InChI is InChI=1S/C15H21FN4/c1-3-8-20-15(18-11-19-20)9-12(10-17-2)13-6-4-5-7-14(13)16/h4-7,11-12,17H,3,8-10H2,1-2H3. The first-order valence-electron chi connectivity index (χ1n) is 7.02. The number of nitrogens with zero attached hydrogens (tertiary/aromatic N) is 3. The van der Waals surface area contributed by atoms with Gasteiger partial charge in [-0.25, -0.2) is 9.37 Å². The van der Waals surface area contributed by atoms with Crippen molar-refractivity contribution in [2.75, 3.05) is 13.6 Å². The van der Waals surface area contributed by atoms with E-state index in [9.17, 15) is 4.39 Å². The molecule has 0 saturated carbocycles. The van der Waals surface area contributed by atoms with Crippen molar-refractivity contribution in [3.05, 3.63) is 47.8 Å². The predicted molar refractivity (Wildman–Crippen MR) is 77.1 cm³/mol. The van der Waals surface area contributed by atoms with Crippen molar-refractivity contribution in [2.24, 2.45) is 0 Å². The number of likely N-dealkylation sites (N-methyl/N-ethyl adjacent to an activating group) is 1. The van der Waals surface area contributed by atoms with E-state index in [-0.39, 0.29) is 11.7 Å². The molecule has 0 fully saturated rings. The van der Waals surface area contributed by atoms with Crippen LogP contribution in [0.25, 0.3) is 0 Å². The fourth-order valence-electron chi connectivity index (χ4n) is 2.41. The maximum absolute atomic E-state index is 14.0. The Morgan fingerprint density at radius 1 is 1.35 bits per heavy atom. The summed E-state index contributed by atoms with van der Waals surface area (Å²) in [7, 11) is 1.88. The molecule has 1 unspecified atom stereocenters. The quantitative estimate of drug-likeness (QED) is 0.844. The third kappa shape index (κ3) is 3.42. The van der Waals surface area contributed by atoms with Crippen molar-refractivity contribution >= 4 is 0 Å². The number of benzene rings is 1. The number of halogens is 1. The lowest BCUT2D eigenvalue weighted by atomic mass is 9.94. The van der Waals surface area contributed by atoms with Crippen molar-refractivity contribution in [1.29, 1.82) is 0 Å². The predicted octanol–water partition coefficient (Wildman–Crippen LogP) is 2.37. The van der Waals surface area contributed by atoms with Crippen molar-refractivity contribution in [3.63, 3.8) is 0 Å². The maximum Gasteiger partial charge on any atom is 0.138 e. The Bertz CT molecular complexity index is 538. The largest absolute Gasteiger partial charge is 0.319 e. The van der Waals surface area contributed by atoms with E-state index >= 15 is 0 Å². The summed E-state index contributed by atoms with van der Waals surface area (Å²) in [6.45, 7) is 3.66. The van der Waals surface area contributed by atoms with Gasteiger partial charge in [-0.3, -0.25) is 4.68 Å². The minimum atomic E-state index is -0.158. The summed E-state index contributed by atoms with van der Waals surface area (Å²) >= 11 is 0. The van der Waals surface area contributed by atoms with Crippen molar-refractivity contribution < 1.29 is 4.39 Å². The number of nitrogens with one attached hydrogen (secondary N) is 1. The Labute approximate surface area is 119 Å². The van der Waals surface area contributed by atoms with Gasteiger partial charge in [0.2, 0.25) is 0 Å². The van der Waals surface area contributed by atoms with Crippen LogP contribution < -0.4 is 5.32 Å². The van der Waals surface area contributed by atoms with Crippen LogP contribution in [0.3, 0.4) is 0 Å². The number of aryl methyl sites for hydroxylation is 1. The third-order valence-corrected chi connectivity index (χ3v) is 3.36. The topological polar surface area (TPSA) is 42.7 Å². The monoisotopic (exact) mass is 276 g/mol. The van der Waals surface area contributed by atoms with Crippen LogP contribution in [0.1, 0.15) is 30.7 Å². The van der Waals surface area contributed by atoms with Crippen LogP contribution in [0.15, 0.2) is 30.6 Å². The molecule has 0 saturated heterocycles. The Morgan fingerprint density at radius 2 is 2.15 bits per heavy atom. The molecular weight excluding hydrogens is 255 g/mol. The summed E-state index contributed by atoms with van der Waals surface area (Å²) in [6, 6.07) is 6.94. The highest BCUT2D eigenvalue weighted by molar-refractivity contribution is 5.23. The van der Waals surface area contributed by atoms with Gasteiger partial charge in [-0.15, -0.1) is 0 Å². The molecule has 0 aliphatic rings. The number of hydrogen-bond donors (Lipinski definition) is 1. The molecule has 1 aromatic heterocycles. The van der Waals surface area contributed by atoms with E-state index in [0.29, 0.717) is 13.0 Å². The van der Waals surface area contributed by atoms with Gasteiger partial charge >= 0.3 is 0 Å². The van der Waals surface area contributed by atoms with E-state index in [1.807, 2.05) is 23.9 Å². The van der Waals surface area contributed by atoms with Gasteiger partial charge < -0.3 is 5.32 Å². The Morgan fingerprint density at radius 3 is 2.85 bits per heavy atom. The van der Waals surface area contributed by atoms with Crippen LogP contribution in [0.4, 0.5) is 4.39 Å². The molecule has 2 aromatic rings. The first-order valence-corrected chi connectivity index (χ1v) is 7.02. The highest BCUT2D eigenvalue weighted by Gasteiger charge is 2.18. The van der Waals surface area contributed by atoms with E-state index in [1.165, 1.54) is 6.07 Å². The maximum atomic E-state index is 14.0. The molecule has 20 heavy (non-hydrogen) atoms. The van der Waals surface area contributed by atoms with Gasteiger partial charge in [-0.05, 0) is 25.1 Å². The van der Waals surface area contributed by atoms with Crippen LogP contribution >= 0.6 is 0 Å². The van der Waals surface area contributed by atoms with E-state index in [2.05, 4.69) is 22.3 Å². The van der Waals surface area contributed by atoms with Gasteiger partial charge in [-0.2, -0.15) is 5.10 Å². The third-order valence-electron chi connectivity index (χ3n) is 3.36. The molecule has 1 heterocycles. The zero-order valence-electron chi connectivity index (χ0n) is 12.0. The fraction of sp³-hybridized carbons (Fsp3) is 0.467.